The molecule has 10 nitrogen and oxygen atoms in total. The third-order valence-corrected chi connectivity index (χ3v) is 2.45. The van der Waals surface area contributed by atoms with E-state index in [0.717, 1.165) is 11.9 Å². The molecule has 2 rings (SSSR count). The fourth-order valence-corrected chi connectivity index (χ4v) is 1.43. The smallest absolute Gasteiger partial charge is 0.336 e. The van der Waals surface area contributed by atoms with Gasteiger partial charge < -0.3 is 19.6 Å². The van der Waals surface area contributed by atoms with E-state index in [1.54, 1.807) is 12.1 Å². The molecule has 0 fully saturated rings. The molecule has 0 spiro atoms. The normalized spacial score (nSPS) is 11.9. The molecule has 1 unspecified atom stereocenters. The number of aliphatic hydroxyl groups excluding tert-OH is 1. The topological polar surface area (TPSA) is 132 Å². The molecule has 0 saturated heterocycles. The van der Waals surface area contributed by atoms with Gasteiger partial charge in [0.05, 0.1) is 19.9 Å². The lowest BCUT2D eigenvalue weighted by molar-refractivity contribution is -0.150. The summed E-state index contributed by atoms with van der Waals surface area (Å²) in [5.41, 5.74) is 0. The van der Waals surface area contributed by atoms with Gasteiger partial charge in [-0.2, -0.15) is 4.80 Å². The van der Waals surface area contributed by atoms with E-state index < -0.39 is 18.0 Å². The zero-order chi connectivity index (χ0) is 15.2. The fraction of sp³-hybridized carbons (Fsp3) is 0.364. The minimum absolute atomic E-state index is 0.207. The van der Waals surface area contributed by atoms with Crippen molar-refractivity contribution in [3.05, 3.63) is 18.4 Å². The van der Waals surface area contributed by atoms with Crippen LogP contribution in [-0.2, 0) is 20.9 Å². The number of nitrogens with one attached hydrogen (secondary N) is 1. The highest BCUT2D eigenvalue weighted by atomic mass is 16.5. The van der Waals surface area contributed by atoms with Crippen LogP contribution in [-0.4, -0.2) is 56.9 Å². The Kier molecular flexibility index (Phi) is 4.61. The fourth-order valence-electron chi connectivity index (χ4n) is 1.43. The number of hydrogen-bond acceptors (Lipinski definition) is 8. The van der Waals surface area contributed by atoms with E-state index in [9.17, 15) is 14.7 Å². The van der Waals surface area contributed by atoms with Crippen LogP contribution in [0.2, 0.25) is 0 Å². The minimum Gasteiger partial charge on any atom is -0.467 e. The number of hydrogen-bond donors (Lipinski definition) is 2. The SMILES string of the molecule is COC(=O)C(O)CNC(=O)Cn1nnc(-c2ccco2)n1. The van der Waals surface area contributed by atoms with Crippen molar-refractivity contribution in [2.45, 2.75) is 12.6 Å². The lowest BCUT2D eigenvalue weighted by Gasteiger charge is -2.09. The molecule has 2 aromatic heterocycles. The molecule has 2 N–H and O–H groups in total. The maximum atomic E-state index is 11.6. The number of aromatic nitrogens is 4. The van der Waals surface area contributed by atoms with Crippen molar-refractivity contribution in [2.24, 2.45) is 0 Å². The number of carbonyl (C=O) groups excluding carboxylic acids is 2. The van der Waals surface area contributed by atoms with E-state index in [4.69, 9.17) is 4.42 Å². The Bertz CT molecular complexity index is 608. The van der Waals surface area contributed by atoms with Gasteiger partial charge in [0.1, 0.15) is 6.54 Å². The average Bonchev–Trinajstić information content (AvgIpc) is 3.14. The van der Waals surface area contributed by atoms with E-state index in [-0.39, 0.29) is 18.9 Å². The van der Waals surface area contributed by atoms with Crippen LogP contribution in [0.15, 0.2) is 22.8 Å². The van der Waals surface area contributed by atoms with Gasteiger partial charge in [0.15, 0.2) is 11.9 Å². The number of furan rings is 1. The number of aliphatic hydroxyl groups is 1. The second-order valence-corrected chi connectivity index (χ2v) is 3.96. The van der Waals surface area contributed by atoms with Crippen LogP contribution >= 0.6 is 0 Å². The van der Waals surface area contributed by atoms with Crippen molar-refractivity contribution in [2.75, 3.05) is 13.7 Å². The Labute approximate surface area is 118 Å². The summed E-state index contributed by atoms with van der Waals surface area (Å²) < 4.78 is 9.41. The molecule has 0 aliphatic carbocycles. The summed E-state index contributed by atoms with van der Waals surface area (Å²) in [6, 6.07) is 3.34. The first kappa shape index (κ1) is 14.7. The number of amides is 1. The van der Waals surface area contributed by atoms with Crippen molar-refractivity contribution < 1.29 is 23.8 Å². The Morgan fingerprint density at radius 1 is 1.57 bits per heavy atom. The second kappa shape index (κ2) is 6.61. The molecular weight excluding hydrogens is 282 g/mol. The van der Waals surface area contributed by atoms with Gasteiger partial charge in [0, 0.05) is 0 Å². The number of ether oxygens (including phenoxy) is 1. The predicted octanol–water partition coefficient (Wildman–Crippen LogP) is -1.42. The number of nitrogens with zero attached hydrogens (tertiary/aromatic N) is 4. The third-order valence-electron chi connectivity index (χ3n) is 2.45. The third kappa shape index (κ3) is 3.86. The molecule has 0 aliphatic heterocycles. The summed E-state index contributed by atoms with van der Waals surface area (Å²) in [7, 11) is 1.14. The van der Waals surface area contributed by atoms with Crippen LogP contribution in [0.25, 0.3) is 11.6 Å². The van der Waals surface area contributed by atoms with E-state index >= 15 is 0 Å². The van der Waals surface area contributed by atoms with Crippen molar-refractivity contribution in [3.63, 3.8) is 0 Å². The summed E-state index contributed by atoms with van der Waals surface area (Å²) in [5.74, 6) is -0.624. The lowest BCUT2D eigenvalue weighted by atomic mass is 10.3. The molecule has 0 radical (unpaired) electrons. The van der Waals surface area contributed by atoms with Crippen LogP contribution in [0.1, 0.15) is 0 Å². The van der Waals surface area contributed by atoms with E-state index in [1.165, 1.54) is 6.26 Å². The summed E-state index contributed by atoms with van der Waals surface area (Å²) in [5, 5.41) is 23.0. The molecule has 1 amide bonds. The summed E-state index contributed by atoms with van der Waals surface area (Å²) in [6.45, 7) is -0.465. The molecule has 112 valence electrons. The lowest BCUT2D eigenvalue weighted by Crippen LogP contribution is -2.38. The van der Waals surface area contributed by atoms with Crippen LogP contribution in [0.3, 0.4) is 0 Å². The highest BCUT2D eigenvalue weighted by Crippen LogP contribution is 2.12. The zero-order valence-electron chi connectivity index (χ0n) is 11.1. The first-order valence-electron chi connectivity index (χ1n) is 5.94. The number of methoxy groups -OCH3 is 1. The molecule has 2 aromatic rings. The number of esters is 1. The first-order chi connectivity index (χ1) is 10.1. The highest BCUT2D eigenvalue weighted by Gasteiger charge is 2.17. The molecule has 0 aromatic carbocycles. The highest BCUT2D eigenvalue weighted by molar-refractivity contribution is 5.78. The van der Waals surface area contributed by atoms with Crippen LogP contribution in [0.5, 0.6) is 0 Å². The number of carbonyl (C=O) groups is 2. The summed E-state index contributed by atoms with van der Waals surface area (Å²) >= 11 is 0. The monoisotopic (exact) mass is 295 g/mol. The molecular formula is C11H13N5O5. The zero-order valence-corrected chi connectivity index (χ0v) is 11.1. The quantitative estimate of drug-likeness (QED) is 0.621. The number of rotatable bonds is 6. The van der Waals surface area contributed by atoms with Crippen LogP contribution in [0.4, 0.5) is 0 Å². The first-order valence-corrected chi connectivity index (χ1v) is 5.94. The van der Waals surface area contributed by atoms with Gasteiger partial charge in [-0.15, -0.1) is 10.2 Å². The Morgan fingerprint density at radius 2 is 2.38 bits per heavy atom. The molecule has 21 heavy (non-hydrogen) atoms. The molecule has 2 heterocycles. The second-order valence-electron chi connectivity index (χ2n) is 3.96. The number of tetrazole rings is 1. The maximum Gasteiger partial charge on any atom is 0.336 e. The van der Waals surface area contributed by atoms with Gasteiger partial charge in [-0.1, -0.05) is 0 Å². The standard InChI is InChI=1S/C11H13N5O5/c1-20-11(19)7(17)5-12-9(18)6-16-14-10(13-15-16)8-3-2-4-21-8/h2-4,7,17H,5-6H2,1H3,(H,12,18). The Morgan fingerprint density at radius 3 is 3.05 bits per heavy atom. The largest absolute Gasteiger partial charge is 0.467 e. The summed E-state index contributed by atoms with van der Waals surface area (Å²) in [4.78, 5) is 23.6. The van der Waals surface area contributed by atoms with Crippen molar-refractivity contribution >= 4 is 11.9 Å². The molecule has 10 heteroatoms. The molecule has 1 atom stereocenters. The molecule has 0 bridgehead atoms. The van der Waals surface area contributed by atoms with Gasteiger partial charge in [0.25, 0.3) is 0 Å². The summed E-state index contributed by atoms with van der Waals surface area (Å²) in [6.07, 6.45) is 0.0538. The van der Waals surface area contributed by atoms with Crippen LogP contribution < -0.4 is 5.32 Å². The minimum atomic E-state index is -1.42. The van der Waals surface area contributed by atoms with Gasteiger partial charge >= 0.3 is 5.97 Å². The van der Waals surface area contributed by atoms with E-state index in [2.05, 4.69) is 25.5 Å². The van der Waals surface area contributed by atoms with Gasteiger partial charge in [-0.05, 0) is 17.3 Å². The van der Waals surface area contributed by atoms with Crippen molar-refractivity contribution in [1.29, 1.82) is 0 Å². The Balaban J connectivity index is 1.84. The van der Waals surface area contributed by atoms with Crippen LogP contribution in [0, 0.1) is 0 Å². The molecule has 0 saturated carbocycles. The predicted molar refractivity (Wildman–Crippen MR) is 66.6 cm³/mol. The van der Waals surface area contributed by atoms with Gasteiger partial charge in [0.2, 0.25) is 11.7 Å². The van der Waals surface area contributed by atoms with E-state index in [1.807, 2.05) is 0 Å². The average molecular weight is 295 g/mol. The molecule has 0 aliphatic rings. The van der Waals surface area contributed by atoms with Gasteiger partial charge in [-0.3, -0.25) is 4.79 Å². The maximum absolute atomic E-state index is 11.6. The van der Waals surface area contributed by atoms with Gasteiger partial charge in [-0.25, -0.2) is 4.79 Å². The Hall–Kier alpha value is -2.75. The van der Waals surface area contributed by atoms with Crippen molar-refractivity contribution in [1.82, 2.24) is 25.5 Å². The van der Waals surface area contributed by atoms with E-state index in [0.29, 0.717) is 5.76 Å². The van der Waals surface area contributed by atoms with Crippen molar-refractivity contribution in [3.8, 4) is 11.6 Å².